The van der Waals surface area contributed by atoms with Crippen molar-refractivity contribution in [3.05, 3.63) is 41.7 Å². The van der Waals surface area contributed by atoms with Gasteiger partial charge in [0.25, 0.3) is 5.91 Å². The molecule has 0 unspecified atom stereocenters. The SMILES string of the molecule is COCn1ccc(C(=O)Nc2ccc(OC(F)F)cc2C)n1. The number of hydrogen-bond acceptors (Lipinski definition) is 4. The van der Waals surface area contributed by atoms with Crippen molar-refractivity contribution in [1.29, 1.82) is 0 Å². The Morgan fingerprint density at radius 2 is 2.18 bits per heavy atom. The molecule has 0 saturated heterocycles. The van der Waals surface area contributed by atoms with Gasteiger partial charge in [0, 0.05) is 19.0 Å². The van der Waals surface area contributed by atoms with Crippen LogP contribution < -0.4 is 10.1 Å². The minimum absolute atomic E-state index is 0.0369. The smallest absolute Gasteiger partial charge is 0.387 e. The molecule has 0 saturated carbocycles. The first-order valence-corrected chi connectivity index (χ1v) is 6.39. The second kappa shape index (κ2) is 6.99. The molecule has 2 aromatic rings. The number of carbonyl (C=O) groups is 1. The third-order valence-corrected chi connectivity index (χ3v) is 2.81. The molecular formula is C14H15F2N3O3. The van der Waals surface area contributed by atoms with Crippen molar-refractivity contribution in [3.63, 3.8) is 0 Å². The Labute approximate surface area is 125 Å². The molecule has 0 fully saturated rings. The summed E-state index contributed by atoms with van der Waals surface area (Å²) in [5.41, 5.74) is 1.32. The molecule has 1 heterocycles. The van der Waals surface area contributed by atoms with Crippen LogP contribution in [-0.2, 0) is 11.5 Å². The number of rotatable bonds is 6. The maximum Gasteiger partial charge on any atom is 0.387 e. The molecule has 1 aromatic carbocycles. The van der Waals surface area contributed by atoms with Crippen molar-refractivity contribution < 1.29 is 23.0 Å². The predicted molar refractivity (Wildman–Crippen MR) is 75.0 cm³/mol. The van der Waals surface area contributed by atoms with Gasteiger partial charge in [-0.2, -0.15) is 13.9 Å². The molecule has 1 aromatic heterocycles. The second-order valence-electron chi connectivity index (χ2n) is 4.47. The van der Waals surface area contributed by atoms with Crippen molar-refractivity contribution in [2.45, 2.75) is 20.3 Å². The van der Waals surface area contributed by atoms with Gasteiger partial charge in [-0.25, -0.2) is 4.68 Å². The monoisotopic (exact) mass is 311 g/mol. The van der Waals surface area contributed by atoms with Crippen molar-refractivity contribution in [2.75, 3.05) is 12.4 Å². The molecule has 0 aliphatic rings. The van der Waals surface area contributed by atoms with E-state index in [9.17, 15) is 13.6 Å². The second-order valence-corrected chi connectivity index (χ2v) is 4.47. The van der Waals surface area contributed by atoms with E-state index in [1.807, 2.05) is 0 Å². The van der Waals surface area contributed by atoms with Crippen molar-refractivity contribution in [1.82, 2.24) is 9.78 Å². The van der Waals surface area contributed by atoms with Crippen molar-refractivity contribution >= 4 is 11.6 Å². The van der Waals surface area contributed by atoms with Crippen LogP contribution in [0.2, 0.25) is 0 Å². The molecule has 118 valence electrons. The number of aromatic nitrogens is 2. The van der Waals surface area contributed by atoms with Crippen LogP contribution in [-0.4, -0.2) is 29.4 Å². The highest BCUT2D eigenvalue weighted by atomic mass is 19.3. The van der Waals surface area contributed by atoms with Gasteiger partial charge in [0.15, 0.2) is 5.69 Å². The van der Waals surface area contributed by atoms with E-state index in [0.29, 0.717) is 11.3 Å². The molecule has 0 aliphatic carbocycles. The summed E-state index contributed by atoms with van der Waals surface area (Å²) in [6, 6.07) is 5.83. The third kappa shape index (κ3) is 4.01. The van der Waals surface area contributed by atoms with E-state index >= 15 is 0 Å². The molecular weight excluding hydrogens is 296 g/mol. The number of nitrogens with zero attached hydrogens (tertiary/aromatic N) is 2. The van der Waals surface area contributed by atoms with Gasteiger partial charge < -0.3 is 14.8 Å². The highest BCUT2D eigenvalue weighted by Crippen LogP contribution is 2.23. The summed E-state index contributed by atoms with van der Waals surface area (Å²) in [6.07, 6.45) is 1.62. The first-order chi connectivity index (χ1) is 10.5. The summed E-state index contributed by atoms with van der Waals surface area (Å²) >= 11 is 0. The maximum absolute atomic E-state index is 12.1. The number of alkyl halides is 2. The number of anilines is 1. The minimum atomic E-state index is -2.88. The van der Waals surface area contributed by atoms with Crippen molar-refractivity contribution in [3.8, 4) is 5.75 Å². The van der Waals surface area contributed by atoms with Gasteiger partial charge in [-0.15, -0.1) is 0 Å². The van der Waals surface area contributed by atoms with E-state index in [1.54, 1.807) is 19.2 Å². The third-order valence-electron chi connectivity index (χ3n) is 2.81. The van der Waals surface area contributed by atoms with E-state index < -0.39 is 12.5 Å². The summed E-state index contributed by atoms with van der Waals surface area (Å²) in [6.45, 7) is -0.965. The standard InChI is InChI=1S/C14H15F2N3O3/c1-9-7-10(22-14(15)16)3-4-11(9)17-13(20)12-5-6-19(18-12)8-21-2/h3-7,14H,8H2,1-2H3,(H,17,20). The Morgan fingerprint density at radius 1 is 1.41 bits per heavy atom. The van der Waals surface area contributed by atoms with E-state index in [-0.39, 0.29) is 18.2 Å². The van der Waals surface area contributed by atoms with Gasteiger partial charge in [-0.3, -0.25) is 4.79 Å². The number of carbonyl (C=O) groups excluding carboxylic acids is 1. The molecule has 1 N–H and O–H groups in total. The zero-order chi connectivity index (χ0) is 16.1. The maximum atomic E-state index is 12.1. The lowest BCUT2D eigenvalue weighted by molar-refractivity contribution is -0.0498. The quantitative estimate of drug-likeness (QED) is 0.890. The van der Waals surface area contributed by atoms with Crippen LogP contribution in [0.15, 0.2) is 30.5 Å². The fraction of sp³-hybridized carbons (Fsp3) is 0.286. The molecule has 22 heavy (non-hydrogen) atoms. The first-order valence-electron chi connectivity index (χ1n) is 6.39. The molecule has 0 aliphatic heterocycles. The van der Waals surface area contributed by atoms with Crippen LogP contribution in [0, 0.1) is 6.92 Å². The summed E-state index contributed by atoms with van der Waals surface area (Å²) in [5, 5.41) is 6.70. The minimum Gasteiger partial charge on any atom is -0.435 e. The van der Waals surface area contributed by atoms with E-state index in [1.165, 1.54) is 30.0 Å². The first kappa shape index (κ1) is 15.9. The van der Waals surface area contributed by atoms with E-state index in [4.69, 9.17) is 4.74 Å². The lowest BCUT2D eigenvalue weighted by Gasteiger charge is -2.10. The van der Waals surface area contributed by atoms with Gasteiger partial charge in [0.2, 0.25) is 0 Å². The summed E-state index contributed by atoms with van der Waals surface area (Å²) in [5.74, 6) is -0.365. The molecule has 1 amide bonds. The number of halogens is 2. The van der Waals surface area contributed by atoms with Crippen LogP contribution >= 0.6 is 0 Å². The van der Waals surface area contributed by atoms with Crippen LogP contribution in [0.3, 0.4) is 0 Å². The topological polar surface area (TPSA) is 65.4 Å². The van der Waals surface area contributed by atoms with Crippen molar-refractivity contribution in [2.24, 2.45) is 0 Å². The van der Waals surface area contributed by atoms with Gasteiger partial charge >= 0.3 is 6.61 Å². The van der Waals surface area contributed by atoms with Crippen LogP contribution in [0.25, 0.3) is 0 Å². The number of benzene rings is 1. The van der Waals surface area contributed by atoms with Gasteiger partial charge in [0.05, 0.1) is 0 Å². The predicted octanol–water partition coefficient (Wildman–Crippen LogP) is 2.65. The summed E-state index contributed by atoms with van der Waals surface area (Å²) < 4.78 is 34.9. The Hall–Kier alpha value is -2.48. The molecule has 6 nitrogen and oxygen atoms in total. The Bertz CT molecular complexity index is 659. The van der Waals surface area contributed by atoms with Crippen LogP contribution in [0.1, 0.15) is 16.1 Å². The molecule has 0 atom stereocenters. The largest absolute Gasteiger partial charge is 0.435 e. The number of aryl methyl sites for hydroxylation is 1. The number of hydrogen-bond donors (Lipinski definition) is 1. The zero-order valence-corrected chi connectivity index (χ0v) is 12.0. The number of ether oxygens (including phenoxy) is 2. The molecule has 8 heteroatoms. The number of nitrogens with one attached hydrogen (secondary N) is 1. The van der Waals surface area contributed by atoms with E-state index in [0.717, 1.165) is 0 Å². The fourth-order valence-corrected chi connectivity index (χ4v) is 1.83. The zero-order valence-electron chi connectivity index (χ0n) is 12.0. The van der Waals surface area contributed by atoms with E-state index in [2.05, 4.69) is 15.2 Å². The van der Waals surface area contributed by atoms with Crippen LogP contribution in [0.4, 0.5) is 14.5 Å². The Morgan fingerprint density at radius 3 is 2.82 bits per heavy atom. The molecule has 2 rings (SSSR count). The van der Waals surface area contributed by atoms with Gasteiger partial charge in [-0.1, -0.05) is 0 Å². The Balaban J connectivity index is 2.07. The number of amides is 1. The number of methoxy groups -OCH3 is 1. The lowest BCUT2D eigenvalue weighted by atomic mass is 10.2. The normalized spacial score (nSPS) is 10.8. The lowest BCUT2D eigenvalue weighted by Crippen LogP contribution is -2.14. The highest BCUT2D eigenvalue weighted by Gasteiger charge is 2.12. The molecule has 0 radical (unpaired) electrons. The molecule has 0 spiro atoms. The average Bonchev–Trinajstić information content (AvgIpc) is 2.90. The molecule has 0 bridgehead atoms. The fourth-order valence-electron chi connectivity index (χ4n) is 1.83. The van der Waals surface area contributed by atoms with Gasteiger partial charge in [-0.05, 0) is 36.8 Å². The Kier molecular flexibility index (Phi) is 5.05. The average molecular weight is 311 g/mol. The summed E-state index contributed by atoms with van der Waals surface area (Å²) in [4.78, 5) is 12.1. The van der Waals surface area contributed by atoms with Crippen LogP contribution in [0.5, 0.6) is 5.75 Å². The highest BCUT2D eigenvalue weighted by molar-refractivity contribution is 6.03. The summed E-state index contributed by atoms with van der Waals surface area (Å²) in [7, 11) is 1.52. The van der Waals surface area contributed by atoms with Gasteiger partial charge in [0.1, 0.15) is 12.5 Å².